The van der Waals surface area contributed by atoms with Crippen molar-refractivity contribution in [2.24, 2.45) is 0 Å². The van der Waals surface area contributed by atoms with Gasteiger partial charge in [-0.25, -0.2) is 0 Å². The number of nitrogens with one attached hydrogen (secondary N) is 3. The third-order valence-electron chi connectivity index (χ3n) is 5.49. The van der Waals surface area contributed by atoms with Crippen molar-refractivity contribution in [3.05, 3.63) is 87.1 Å². The fourth-order valence-corrected chi connectivity index (χ4v) is 4.68. The summed E-state index contributed by atoms with van der Waals surface area (Å²) in [6.07, 6.45) is 0.798. The predicted octanol–water partition coefficient (Wildman–Crippen LogP) is 5.67. The van der Waals surface area contributed by atoms with Gasteiger partial charge in [0.2, 0.25) is 0 Å². The lowest BCUT2D eigenvalue weighted by molar-refractivity contribution is 0.0975. The van der Waals surface area contributed by atoms with E-state index >= 15 is 0 Å². The lowest BCUT2D eigenvalue weighted by Crippen LogP contribution is -2.34. The summed E-state index contributed by atoms with van der Waals surface area (Å²) >= 11 is 8.93. The Morgan fingerprint density at radius 3 is 2.55 bits per heavy atom. The highest BCUT2D eigenvalue weighted by Crippen LogP contribution is 2.36. The summed E-state index contributed by atoms with van der Waals surface area (Å²) in [5.41, 5.74) is 5.64. The second-order valence-corrected chi connectivity index (χ2v) is 8.89. The molecule has 1 aromatic heterocycles. The number of anilines is 1. The molecule has 3 aromatic carbocycles. The molecule has 0 unspecified atom stereocenters. The average Bonchev–Trinajstić information content (AvgIpc) is 3.12. The van der Waals surface area contributed by atoms with Crippen molar-refractivity contribution >= 4 is 55.6 Å². The van der Waals surface area contributed by atoms with Gasteiger partial charge in [-0.1, -0.05) is 36.4 Å². The number of H-pyrrole nitrogens is 1. The number of hydrogen-bond donors (Lipinski definition) is 3. The predicted molar refractivity (Wildman–Crippen MR) is 139 cm³/mol. The molecule has 168 valence electrons. The summed E-state index contributed by atoms with van der Waals surface area (Å²) in [6, 6.07) is 17.5. The number of thiocarbonyl (C=S) groups is 1. The number of carbonyl (C=O) groups excluding carboxylic acids is 1. The van der Waals surface area contributed by atoms with Crippen LogP contribution in [0.2, 0.25) is 0 Å². The Bertz CT molecular complexity index is 1330. The topological polar surface area (TPSA) is 79.0 Å². The van der Waals surface area contributed by atoms with E-state index < -0.39 is 0 Å². The maximum absolute atomic E-state index is 13.0. The fraction of sp³-hybridized carbons (Fsp3) is 0.160. The maximum atomic E-state index is 13.0. The van der Waals surface area contributed by atoms with Crippen LogP contribution in [-0.2, 0) is 6.42 Å². The Hall–Kier alpha value is -3.23. The highest BCUT2D eigenvalue weighted by atomic mass is 79.9. The molecule has 0 radical (unpaired) electrons. The second-order valence-electron chi connectivity index (χ2n) is 7.69. The molecule has 0 saturated heterocycles. The SMILES string of the molecule is COc1c(C(=O)NC(=S)Nc2ccc(Cc3c(C)n[nH]c3C)cc2)cc2ccccc2c1Br. The van der Waals surface area contributed by atoms with Crippen LogP contribution in [0.25, 0.3) is 10.8 Å². The van der Waals surface area contributed by atoms with E-state index in [0.29, 0.717) is 11.3 Å². The summed E-state index contributed by atoms with van der Waals surface area (Å²) in [5.74, 6) is 0.113. The van der Waals surface area contributed by atoms with Gasteiger partial charge in [-0.2, -0.15) is 5.10 Å². The quantitative estimate of drug-likeness (QED) is 0.294. The molecule has 4 aromatic rings. The third-order valence-corrected chi connectivity index (χ3v) is 6.48. The number of aromatic nitrogens is 2. The van der Waals surface area contributed by atoms with Crippen LogP contribution in [0.4, 0.5) is 5.69 Å². The van der Waals surface area contributed by atoms with Crippen LogP contribution in [0.5, 0.6) is 5.75 Å². The molecule has 1 heterocycles. The molecular weight excluding hydrogens is 500 g/mol. The van der Waals surface area contributed by atoms with Gasteiger partial charge >= 0.3 is 0 Å². The lowest BCUT2D eigenvalue weighted by Gasteiger charge is -2.14. The first kappa shape index (κ1) is 22.9. The van der Waals surface area contributed by atoms with Gasteiger partial charge in [0, 0.05) is 23.4 Å². The van der Waals surface area contributed by atoms with Gasteiger partial charge < -0.3 is 10.1 Å². The fourth-order valence-electron chi connectivity index (χ4n) is 3.73. The van der Waals surface area contributed by atoms with Crippen molar-refractivity contribution in [3.63, 3.8) is 0 Å². The molecule has 3 N–H and O–H groups in total. The number of carbonyl (C=O) groups is 1. The largest absolute Gasteiger partial charge is 0.495 e. The Labute approximate surface area is 205 Å². The number of amides is 1. The number of nitrogens with zero attached hydrogens (tertiary/aromatic N) is 1. The first-order chi connectivity index (χ1) is 15.9. The van der Waals surface area contributed by atoms with E-state index in [0.717, 1.165) is 44.3 Å². The molecule has 6 nitrogen and oxygen atoms in total. The van der Waals surface area contributed by atoms with Crippen LogP contribution in [-0.4, -0.2) is 28.3 Å². The van der Waals surface area contributed by atoms with Crippen molar-refractivity contribution in [3.8, 4) is 5.75 Å². The Morgan fingerprint density at radius 2 is 1.88 bits per heavy atom. The number of rotatable bonds is 5. The third kappa shape index (κ3) is 4.91. The molecular formula is C25H23BrN4O2S. The Morgan fingerprint density at radius 1 is 1.15 bits per heavy atom. The van der Waals surface area contributed by atoms with Crippen LogP contribution < -0.4 is 15.4 Å². The molecule has 1 amide bonds. The minimum Gasteiger partial charge on any atom is -0.495 e. The van der Waals surface area contributed by atoms with Gasteiger partial charge in [0.05, 0.1) is 22.8 Å². The first-order valence-electron chi connectivity index (χ1n) is 10.3. The van der Waals surface area contributed by atoms with Crippen LogP contribution in [0.15, 0.2) is 59.1 Å². The molecule has 0 spiro atoms. The van der Waals surface area contributed by atoms with Gasteiger partial charge in [0.25, 0.3) is 5.91 Å². The number of ether oxygens (including phenoxy) is 1. The van der Waals surface area contributed by atoms with E-state index in [-0.39, 0.29) is 11.0 Å². The van der Waals surface area contributed by atoms with E-state index in [1.165, 1.54) is 12.7 Å². The molecule has 8 heteroatoms. The van der Waals surface area contributed by atoms with Crippen molar-refractivity contribution in [2.45, 2.75) is 20.3 Å². The van der Waals surface area contributed by atoms with E-state index in [9.17, 15) is 4.79 Å². The van der Waals surface area contributed by atoms with Gasteiger partial charge in [0.15, 0.2) is 5.11 Å². The van der Waals surface area contributed by atoms with Crippen molar-refractivity contribution in [1.29, 1.82) is 0 Å². The average molecular weight is 523 g/mol. The van der Waals surface area contributed by atoms with E-state index in [1.54, 1.807) is 6.07 Å². The molecule has 4 rings (SSSR count). The zero-order chi connectivity index (χ0) is 23.5. The van der Waals surface area contributed by atoms with Crippen LogP contribution in [0.1, 0.15) is 32.9 Å². The van der Waals surface area contributed by atoms with E-state index in [1.807, 2.05) is 62.4 Å². The molecule has 0 fully saturated rings. The Kier molecular flexibility index (Phi) is 6.76. The van der Waals surface area contributed by atoms with E-state index in [2.05, 4.69) is 36.8 Å². The number of hydrogen-bond acceptors (Lipinski definition) is 4. The van der Waals surface area contributed by atoms with E-state index in [4.69, 9.17) is 17.0 Å². The Balaban J connectivity index is 1.45. The normalized spacial score (nSPS) is 10.8. The van der Waals surface area contributed by atoms with Crippen molar-refractivity contribution in [2.75, 3.05) is 12.4 Å². The highest BCUT2D eigenvalue weighted by molar-refractivity contribution is 9.10. The minimum atomic E-state index is -0.349. The number of aryl methyl sites for hydroxylation is 2. The zero-order valence-corrected chi connectivity index (χ0v) is 20.9. The molecule has 0 aliphatic carbocycles. The lowest BCUT2D eigenvalue weighted by atomic mass is 10.0. The van der Waals surface area contributed by atoms with Crippen LogP contribution in [0, 0.1) is 13.8 Å². The summed E-state index contributed by atoms with van der Waals surface area (Å²) < 4.78 is 6.23. The van der Waals surface area contributed by atoms with Crippen LogP contribution in [0.3, 0.4) is 0 Å². The molecule has 33 heavy (non-hydrogen) atoms. The maximum Gasteiger partial charge on any atom is 0.261 e. The standard InChI is InChI=1S/C25H23BrN4O2S/c1-14-20(15(2)30-29-14)12-16-8-10-18(11-9-16)27-25(33)28-24(31)21-13-17-6-4-5-7-19(17)22(26)23(21)32-3/h4-11,13H,12H2,1-3H3,(H,29,30)(H2,27,28,31,33). The van der Waals surface area contributed by atoms with Gasteiger partial charge in [0.1, 0.15) is 5.75 Å². The van der Waals surface area contributed by atoms with Crippen molar-refractivity contribution < 1.29 is 9.53 Å². The molecule has 0 saturated carbocycles. The van der Waals surface area contributed by atoms with Crippen molar-refractivity contribution in [1.82, 2.24) is 15.5 Å². The smallest absolute Gasteiger partial charge is 0.261 e. The molecule has 0 aliphatic heterocycles. The number of methoxy groups -OCH3 is 1. The zero-order valence-electron chi connectivity index (χ0n) is 18.5. The highest BCUT2D eigenvalue weighted by Gasteiger charge is 2.19. The molecule has 0 bridgehead atoms. The summed E-state index contributed by atoms with van der Waals surface area (Å²) in [7, 11) is 1.54. The van der Waals surface area contributed by atoms with Gasteiger partial charge in [-0.3, -0.25) is 15.2 Å². The number of halogens is 1. The van der Waals surface area contributed by atoms with Crippen LogP contribution >= 0.6 is 28.1 Å². The minimum absolute atomic E-state index is 0.209. The number of aromatic amines is 1. The molecule has 0 aliphatic rings. The monoisotopic (exact) mass is 522 g/mol. The first-order valence-corrected chi connectivity index (χ1v) is 11.5. The second kappa shape index (κ2) is 9.72. The summed E-state index contributed by atoms with van der Waals surface area (Å²) in [5, 5.41) is 15.2. The number of fused-ring (bicyclic) bond motifs is 1. The summed E-state index contributed by atoms with van der Waals surface area (Å²) in [6.45, 7) is 4.02. The summed E-state index contributed by atoms with van der Waals surface area (Å²) in [4.78, 5) is 13.0. The number of benzene rings is 3. The molecule has 0 atom stereocenters. The van der Waals surface area contributed by atoms with Gasteiger partial charge in [-0.05, 0) is 76.5 Å². The van der Waals surface area contributed by atoms with Gasteiger partial charge in [-0.15, -0.1) is 0 Å².